The molecule has 0 aromatic heterocycles. The fourth-order valence-corrected chi connectivity index (χ4v) is 0.642. The van der Waals surface area contributed by atoms with E-state index in [9.17, 15) is 4.79 Å². The number of carboxylic acids is 1. The maximum atomic E-state index is 10.1. The van der Waals surface area contributed by atoms with Gasteiger partial charge in [0.2, 0.25) is 0 Å². The summed E-state index contributed by atoms with van der Waals surface area (Å²) in [5, 5.41) is 11.2. The smallest absolute Gasteiger partial charge is 0.317 e. The zero-order valence-corrected chi connectivity index (χ0v) is 7.42. The highest BCUT2D eigenvalue weighted by Crippen LogP contribution is 2.06. The Morgan fingerprint density at radius 1 is 1.45 bits per heavy atom. The van der Waals surface area contributed by atoms with Gasteiger partial charge in [-0.3, -0.25) is 4.79 Å². The molecule has 1 unspecified atom stereocenters. The average molecular weight is 159 g/mol. The molecule has 0 saturated heterocycles. The van der Waals surface area contributed by atoms with Crippen molar-refractivity contribution in [3.63, 3.8) is 0 Å². The number of nitrogens with one attached hydrogen (secondary N) is 1. The molecule has 0 radical (unpaired) electrons. The summed E-state index contributed by atoms with van der Waals surface area (Å²) in [6.07, 6.45) is 0. The van der Waals surface area contributed by atoms with Crippen molar-refractivity contribution < 1.29 is 9.90 Å². The number of hydrogen-bond donors (Lipinski definition) is 2. The molecule has 0 aliphatic carbocycles. The molecule has 0 spiro atoms. The Balaban J connectivity index is 3.31. The van der Waals surface area contributed by atoms with E-state index in [0.717, 1.165) is 6.54 Å². The van der Waals surface area contributed by atoms with Gasteiger partial charge in [0.1, 0.15) is 0 Å². The van der Waals surface area contributed by atoms with Crippen LogP contribution >= 0.6 is 0 Å². The minimum absolute atomic E-state index is 0.0665. The Kier molecular flexibility index (Phi) is 4.86. The largest absolute Gasteiger partial charge is 0.480 e. The van der Waals surface area contributed by atoms with Gasteiger partial charge in [0, 0.05) is 0 Å². The second-order valence-corrected chi connectivity index (χ2v) is 3.25. The Morgan fingerprint density at radius 2 is 2.00 bits per heavy atom. The SMILES string of the molecule is CC(C)C(C)CNCC(=O)O. The van der Waals surface area contributed by atoms with Crippen molar-refractivity contribution >= 4 is 5.97 Å². The van der Waals surface area contributed by atoms with Crippen LogP contribution in [0.15, 0.2) is 0 Å². The van der Waals surface area contributed by atoms with Crippen molar-refractivity contribution in [1.82, 2.24) is 5.32 Å². The summed E-state index contributed by atoms with van der Waals surface area (Å²) in [5.41, 5.74) is 0. The van der Waals surface area contributed by atoms with Crippen molar-refractivity contribution in [1.29, 1.82) is 0 Å². The van der Waals surface area contributed by atoms with Gasteiger partial charge in [0.15, 0.2) is 0 Å². The highest BCUT2D eigenvalue weighted by Gasteiger charge is 2.06. The van der Waals surface area contributed by atoms with E-state index in [1.54, 1.807) is 0 Å². The highest BCUT2D eigenvalue weighted by atomic mass is 16.4. The molecule has 66 valence electrons. The predicted octanol–water partition coefficient (Wildman–Crippen LogP) is 0.953. The van der Waals surface area contributed by atoms with Crippen LogP contribution in [-0.2, 0) is 4.79 Å². The zero-order chi connectivity index (χ0) is 8.85. The lowest BCUT2D eigenvalue weighted by Crippen LogP contribution is -2.28. The van der Waals surface area contributed by atoms with Crippen molar-refractivity contribution in [2.24, 2.45) is 11.8 Å². The van der Waals surface area contributed by atoms with Crippen molar-refractivity contribution in [3.05, 3.63) is 0 Å². The Hall–Kier alpha value is -0.570. The fraction of sp³-hybridized carbons (Fsp3) is 0.875. The topological polar surface area (TPSA) is 49.3 Å². The first-order valence-electron chi connectivity index (χ1n) is 3.96. The molecule has 3 nitrogen and oxygen atoms in total. The van der Waals surface area contributed by atoms with Crippen LogP contribution in [0.25, 0.3) is 0 Å². The summed E-state index contributed by atoms with van der Waals surface area (Å²) >= 11 is 0. The highest BCUT2D eigenvalue weighted by molar-refractivity contribution is 5.68. The minimum Gasteiger partial charge on any atom is -0.480 e. The first-order chi connectivity index (χ1) is 5.04. The van der Waals surface area contributed by atoms with Crippen molar-refractivity contribution in [2.75, 3.05) is 13.1 Å². The number of aliphatic carboxylic acids is 1. The van der Waals surface area contributed by atoms with Crippen molar-refractivity contribution in [2.45, 2.75) is 20.8 Å². The van der Waals surface area contributed by atoms with Gasteiger partial charge in [-0.2, -0.15) is 0 Å². The number of carbonyl (C=O) groups is 1. The third-order valence-corrected chi connectivity index (χ3v) is 1.88. The van der Waals surface area contributed by atoms with E-state index in [-0.39, 0.29) is 6.54 Å². The summed E-state index contributed by atoms with van der Waals surface area (Å²) in [7, 11) is 0. The molecule has 0 aromatic rings. The van der Waals surface area contributed by atoms with Crippen LogP contribution in [0.1, 0.15) is 20.8 Å². The molecule has 0 bridgehead atoms. The second-order valence-electron chi connectivity index (χ2n) is 3.25. The van der Waals surface area contributed by atoms with Gasteiger partial charge in [-0.25, -0.2) is 0 Å². The molecule has 0 saturated carbocycles. The van der Waals surface area contributed by atoms with E-state index in [0.29, 0.717) is 11.8 Å². The van der Waals surface area contributed by atoms with E-state index in [1.807, 2.05) is 0 Å². The maximum absolute atomic E-state index is 10.1. The van der Waals surface area contributed by atoms with Gasteiger partial charge < -0.3 is 10.4 Å². The summed E-state index contributed by atoms with van der Waals surface area (Å²) in [5.74, 6) is 0.353. The Bertz CT molecular complexity index is 123. The fourth-order valence-electron chi connectivity index (χ4n) is 0.642. The third-order valence-electron chi connectivity index (χ3n) is 1.88. The van der Waals surface area contributed by atoms with Gasteiger partial charge in [-0.15, -0.1) is 0 Å². The quantitative estimate of drug-likeness (QED) is 0.628. The molecule has 3 heteroatoms. The molecular formula is C8H17NO2. The van der Waals surface area contributed by atoms with Crippen LogP contribution in [0.5, 0.6) is 0 Å². The molecule has 1 atom stereocenters. The van der Waals surface area contributed by atoms with Crippen LogP contribution in [0.2, 0.25) is 0 Å². The molecule has 0 fully saturated rings. The van der Waals surface area contributed by atoms with Crippen LogP contribution < -0.4 is 5.32 Å². The standard InChI is InChI=1S/C8H17NO2/c1-6(2)7(3)4-9-5-8(10)11/h6-7,9H,4-5H2,1-3H3,(H,10,11). The monoisotopic (exact) mass is 159 g/mol. The van der Waals surface area contributed by atoms with E-state index in [1.165, 1.54) is 0 Å². The molecule has 11 heavy (non-hydrogen) atoms. The summed E-state index contributed by atoms with van der Waals surface area (Å²) in [6, 6.07) is 0. The van der Waals surface area contributed by atoms with Gasteiger partial charge in [-0.1, -0.05) is 20.8 Å². The predicted molar refractivity (Wildman–Crippen MR) is 44.5 cm³/mol. The summed E-state index contributed by atoms with van der Waals surface area (Å²) in [6.45, 7) is 7.22. The lowest BCUT2D eigenvalue weighted by atomic mass is 9.98. The van der Waals surface area contributed by atoms with Crippen molar-refractivity contribution in [3.8, 4) is 0 Å². The molecule has 0 rings (SSSR count). The first-order valence-corrected chi connectivity index (χ1v) is 3.96. The van der Waals surface area contributed by atoms with Crippen LogP contribution in [-0.4, -0.2) is 24.2 Å². The Morgan fingerprint density at radius 3 is 2.36 bits per heavy atom. The second kappa shape index (κ2) is 5.13. The van der Waals surface area contributed by atoms with Crippen LogP contribution in [0.4, 0.5) is 0 Å². The van der Waals surface area contributed by atoms with Crippen LogP contribution in [0.3, 0.4) is 0 Å². The lowest BCUT2D eigenvalue weighted by Gasteiger charge is -2.14. The maximum Gasteiger partial charge on any atom is 0.317 e. The van der Waals surface area contributed by atoms with E-state index < -0.39 is 5.97 Å². The molecule has 0 heterocycles. The number of hydrogen-bond acceptors (Lipinski definition) is 2. The zero-order valence-electron chi connectivity index (χ0n) is 7.42. The summed E-state index contributed by atoms with van der Waals surface area (Å²) in [4.78, 5) is 10.1. The number of carboxylic acid groups (broad SMARTS) is 1. The van der Waals surface area contributed by atoms with Gasteiger partial charge in [-0.05, 0) is 18.4 Å². The normalized spacial score (nSPS) is 13.5. The average Bonchev–Trinajstić information content (AvgIpc) is 1.86. The van der Waals surface area contributed by atoms with Gasteiger partial charge in [0.25, 0.3) is 0 Å². The Labute approximate surface area is 67.8 Å². The van der Waals surface area contributed by atoms with Gasteiger partial charge >= 0.3 is 5.97 Å². The molecule has 0 aromatic carbocycles. The number of rotatable bonds is 5. The van der Waals surface area contributed by atoms with E-state index in [4.69, 9.17) is 5.11 Å². The molecular weight excluding hydrogens is 142 g/mol. The molecule has 0 amide bonds. The van der Waals surface area contributed by atoms with Gasteiger partial charge in [0.05, 0.1) is 6.54 Å². The minimum atomic E-state index is -0.791. The molecule has 0 aliphatic heterocycles. The van der Waals surface area contributed by atoms with E-state index >= 15 is 0 Å². The molecule has 0 aliphatic rings. The third kappa shape index (κ3) is 5.85. The molecule has 2 N–H and O–H groups in total. The summed E-state index contributed by atoms with van der Waals surface area (Å²) < 4.78 is 0. The van der Waals surface area contributed by atoms with E-state index in [2.05, 4.69) is 26.1 Å². The lowest BCUT2D eigenvalue weighted by molar-refractivity contribution is -0.136. The first kappa shape index (κ1) is 10.4. The van der Waals surface area contributed by atoms with Crippen LogP contribution in [0, 0.1) is 11.8 Å².